The Kier molecular flexibility index (Phi) is 5.10. The lowest BCUT2D eigenvalue weighted by Gasteiger charge is -2.14. The minimum absolute atomic E-state index is 0.113. The molecule has 2 atom stereocenters. The van der Waals surface area contributed by atoms with Crippen LogP contribution in [0.25, 0.3) is 17.1 Å². The zero-order valence-corrected chi connectivity index (χ0v) is 17.5. The number of nitrogens with one attached hydrogen (secondary N) is 2. The molecule has 0 bridgehead atoms. The average molecular weight is 409 g/mol. The van der Waals surface area contributed by atoms with Gasteiger partial charge in [0.15, 0.2) is 10.6 Å². The standard InChI is InChI=1S/C22H24N4O2S/c1-12-6-20(28)18(13(2)11-27)10-19(12)21-24-25-22(29)26(21)17-5-4-14-7-16(23-3)8-15(14)9-17/h4-6,9-11,13,16,23,28H,7-8H2,1-3H3,(H,25,29). The van der Waals surface area contributed by atoms with Crippen LogP contribution in [0.1, 0.15) is 35.1 Å². The van der Waals surface area contributed by atoms with Crippen molar-refractivity contribution >= 4 is 18.5 Å². The number of aryl methyl sites for hydroxylation is 1. The summed E-state index contributed by atoms with van der Waals surface area (Å²) in [7, 11) is 1.99. The summed E-state index contributed by atoms with van der Waals surface area (Å²) in [6.45, 7) is 3.67. The minimum atomic E-state index is -0.414. The Morgan fingerprint density at radius 2 is 2.07 bits per heavy atom. The number of phenolic OH excluding ortho intramolecular Hbond substituents is 1. The number of aldehydes is 1. The molecule has 0 saturated carbocycles. The Morgan fingerprint density at radius 3 is 2.79 bits per heavy atom. The number of carbonyl (C=O) groups excluding carboxylic acids is 1. The zero-order valence-electron chi connectivity index (χ0n) is 16.7. The predicted octanol–water partition coefficient (Wildman–Crippen LogP) is 3.60. The van der Waals surface area contributed by atoms with E-state index in [9.17, 15) is 9.90 Å². The molecule has 0 spiro atoms. The van der Waals surface area contributed by atoms with Crippen molar-refractivity contribution in [2.75, 3.05) is 7.05 Å². The topological polar surface area (TPSA) is 82.9 Å². The number of rotatable bonds is 5. The van der Waals surface area contributed by atoms with Gasteiger partial charge in [0.25, 0.3) is 0 Å². The number of H-pyrrole nitrogens is 1. The van der Waals surface area contributed by atoms with E-state index in [2.05, 4.69) is 33.7 Å². The van der Waals surface area contributed by atoms with E-state index in [1.807, 2.05) is 24.6 Å². The van der Waals surface area contributed by atoms with Gasteiger partial charge < -0.3 is 15.2 Å². The molecule has 7 heteroatoms. The number of hydrogen-bond donors (Lipinski definition) is 3. The normalized spacial score (nSPS) is 16.6. The number of likely N-dealkylation sites (N-methyl/N-ethyl adjacent to an activating group) is 1. The van der Waals surface area contributed by atoms with Crippen LogP contribution < -0.4 is 5.32 Å². The Balaban J connectivity index is 1.85. The van der Waals surface area contributed by atoms with Crippen LogP contribution >= 0.6 is 12.2 Å². The van der Waals surface area contributed by atoms with Gasteiger partial charge in [0.05, 0.1) is 5.69 Å². The molecule has 3 aromatic rings. The molecule has 150 valence electrons. The molecular weight excluding hydrogens is 384 g/mol. The summed E-state index contributed by atoms with van der Waals surface area (Å²) in [6, 6.07) is 10.4. The molecule has 0 fully saturated rings. The molecule has 2 unspecified atom stereocenters. The first-order chi connectivity index (χ1) is 13.9. The lowest BCUT2D eigenvalue weighted by atomic mass is 9.95. The molecule has 4 rings (SSSR count). The van der Waals surface area contributed by atoms with E-state index in [0.29, 0.717) is 22.2 Å². The van der Waals surface area contributed by atoms with Crippen LogP contribution in [0.5, 0.6) is 5.75 Å². The molecule has 1 aliphatic carbocycles. The number of phenols is 1. The largest absolute Gasteiger partial charge is 0.508 e. The van der Waals surface area contributed by atoms with Crippen LogP contribution in [-0.4, -0.2) is 39.2 Å². The van der Waals surface area contributed by atoms with Crippen molar-refractivity contribution in [2.24, 2.45) is 0 Å². The smallest absolute Gasteiger partial charge is 0.200 e. The van der Waals surface area contributed by atoms with Crippen molar-refractivity contribution in [1.29, 1.82) is 0 Å². The van der Waals surface area contributed by atoms with E-state index < -0.39 is 5.92 Å². The first-order valence-electron chi connectivity index (χ1n) is 9.69. The summed E-state index contributed by atoms with van der Waals surface area (Å²) in [5.74, 6) is 0.361. The minimum Gasteiger partial charge on any atom is -0.508 e. The number of carbonyl (C=O) groups is 1. The third kappa shape index (κ3) is 3.41. The molecule has 0 saturated heterocycles. The number of benzene rings is 2. The number of hydrogen-bond acceptors (Lipinski definition) is 5. The number of fused-ring (bicyclic) bond motifs is 1. The number of aromatic nitrogens is 3. The van der Waals surface area contributed by atoms with Gasteiger partial charge >= 0.3 is 0 Å². The van der Waals surface area contributed by atoms with Gasteiger partial charge in [0, 0.05) is 23.1 Å². The Morgan fingerprint density at radius 1 is 1.31 bits per heavy atom. The van der Waals surface area contributed by atoms with Crippen LogP contribution in [-0.2, 0) is 17.6 Å². The fourth-order valence-electron chi connectivity index (χ4n) is 4.05. The van der Waals surface area contributed by atoms with Crippen LogP contribution in [0.4, 0.5) is 0 Å². The quantitative estimate of drug-likeness (QED) is 0.444. The second-order valence-electron chi connectivity index (χ2n) is 7.69. The first kappa shape index (κ1) is 19.5. The molecule has 3 N–H and O–H groups in total. The number of aromatic amines is 1. The van der Waals surface area contributed by atoms with Crippen LogP contribution in [0.2, 0.25) is 0 Å². The second kappa shape index (κ2) is 7.57. The van der Waals surface area contributed by atoms with Crippen molar-refractivity contribution in [2.45, 2.75) is 38.6 Å². The van der Waals surface area contributed by atoms with Gasteiger partial charge in [0.1, 0.15) is 12.0 Å². The fourth-order valence-corrected chi connectivity index (χ4v) is 4.29. The number of nitrogens with zero attached hydrogens (tertiary/aromatic N) is 2. The second-order valence-corrected chi connectivity index (χ2v) is 8.07. The first-order valence-corrected chi connectivity index (χ1v) is 10.1. The SMILES string of the molecule is CNC1Cc2ccc(-n3c(-c4cc(C(C)C=O)c(O)cc4C)n[nH]c3=S)cc2C1. The van der Waals surface area contributed by atoms with Crippen LogP contribution in [0.15, 0.2) is 30.3 Å². The Hall–Kier alpha value is -2.77. The maximum Gasteiger partial charge on any atom is 0.200 e. The predicted molar refractivity (Wildman–Crippen MR) is 115 cm³/mol. The molecule has 0 radical (unpaired) electrons. The molecule has 0 aliphatic heterocycles. The summed E-state index contributed by atoms with van der Waals surface area (Å²) in [5.41, 5.74) is 5.88. The summed E-state index contributed by atoms with van der Waals surface area (Å²) in [5, 5.41) is 21.0. The van der Waals surface area contributed by atoms with E-state index in [1.165, 1.54) is 11.1 Å². The molecule has 6 nitrogen and oxygen atoms in total. The van der Waals surface area contributed by atoms with Gasteiger partial charge in [-0.1, -0.05) is 13.0 Å². The molecule has 2 aromatic carbocycles. The fraction of sp³-hybridized carbons (Fsp3) is 0.318. The van der Waals surface area contributed by atoms with Gasteiger partial charge in [-0.15, -0.1) is 0 Å². The highest BCUT2D eigenvalue weighted by Crippen LogP contribution is 2.34. The summed E-state index contributed by atoms with van der Waals surface area (Å²) in [4.78, 5) is 11.3. The van der Waals surface area contributed by atoms with E-state index in [0.717, 1.165) is 35.9 Å². The van der Waals surface area contributed by atoms with Crippen molar-refractivity contribution in [1.82, 2.24) is 20.1 Å². The third-order valence-corrected chi connectivity index (χ3v) is 6.04. The van der Waals surface area contributed by atoms with Gasteiger partial charge in [0.2, 0.25) is 0 Å². The van der Waals surface area contributed by atoms with Gasteiger partial charge in [-0.05, 0) is 80.0 Å². The highest BCUT2D eigenvalue weighted by molar-refractivity contribution is 7.71. The van der Waals surface area contributed by atoms with Crippen molar-refractivity contribution < 1.29 is 9.90 Å². The molecule has 29 heavy (non-hydrogen) atoms. The van der Waals surface area contributed by atoms with Gasteiger partial charge in [-0.3, -0.25) is 9.67 Å². The van der Waals surface area contributed by atoms with E-state index in [4.69, 9.17) is 12.2 Å². The van der Waals surface area contributed by atoms with Gasteiger partial charge in [-0.25, -0.2) is 0 Å². The van der Waals surface area contributed by atoms with Crippen molar-refractivity contribution in [3.8, 4) is 22.8 Å². The number of aromatic hydroxyl groups is 1. The maximum atomic E-state index is 11.3. The lowest BCUT2D eigenvalue weighted by molar-refractivity contribution is -0.108. The Bertz CT molecular complexity index is 1150. The Labute approximate surface area is 174 Å². The summed E-state index contributed by atoms with van der Waals surface area (Å²) in [6.07, 6.45) is 2.84. The monoisotopic (exact) mass is 408 g/mol. The van der Waals surface area contributed by atoms with E-state index >= 15 is 0 Å². The van der Waals surface area contributed by atoms with Crippen molar-refractivity contribution in [3.05, 3.63) is 57.4 Å². The van der Waals surface area contributed by atoms with Gasteiger partial charge in [-0.2, -0.15) is 5.10 Å². The van der Waals surface area contributed by atoms with E-state index in [1.54, 1.807) is 13.0 Å². The summed E-state index contributed by atoms with van der Waals surface area (Å²) < 4.78 is 2.41. The zero-order chi connectivity index (χ0) is 20.7. The van der Waals surface area contributed by atoms with Crippen LogP contribution in [0, 0.1) is 11.7 Å². The molecule has 0 amide bonds. The molecular formula is C22H24N4O2S. The van der Waals surface area contributed by atoms with Crippen molar-refractivity contribution in [3.63, 3.8) is 0 Å². The molecule has 1 heterocycles. The van der Waals surface area contributed by atoms with Crippen LogP contribution in [0.3, 0.4) is 0 Å². The highest BCUT2D eigenvalue weighted by Gasteiger charge is 2.22. The maximum absolute atomic E-state index is 11.3. The molecule has 1 aromatic heterocycles. The van der Waals surface area contributed by atoms with E-state index in [-0.39, 0.29) is 5.75 Å². The average Bonchev–Trinajstić information content (AvgIpc) is 3.29. The summed E-state index contributed by atoms with van der Waals surface area (Å²) >= 11 is 5.53. The lowest BCUT2D eigenvalue weighted by Crippen LogP contribution is -2.24. The molecule has 1 aliphatic rings. The third-order valence-electron chi connectivity index (χ3n) is 5.77. The highest BCUT2D eigenvalue weighted by atomic mass is 32.1.